The van der Waals surface area contributed by atoms with Crippen LogP contribution in [0.3, 0.4) is 0 Å². The average molecular weight is 415 g/mol. The predicted octanol–water partition coefficient (Wildman–Crippen LogP) is 1.59. The van der Waals surface area contributed by atoms with Crippen LogP contribution < -0.4 is 14.9 Å². The molecule has 1 aliphatic heterocycles. The van der Waals surface area contributed by atoms with E-state index >= 15 is 0 Å². The third-order valence-corrected chi connectivity index (χ3v) is 5.65. The molecule has 2 N–H and O–H groups in total. The van der Waals surface area contributed by atoms with E-state index in [9.17, 15) is 8.42 Å². The molecule has 0 unspecified atom stereocenters. The molecule has 10 nitrogen and oxygen atoms in total. The van der Waals surface area contributed by atoms with E-state index in [1.165, 1.54) is 12.5 Å². The van der Waals surface area contributed by atoms with Crippen molar-refractivity contribution in [2.45, 2.75) is 5.03 Å². The number of nitrogens with one attached hydrogen (secondary N) is 2. The van der Waals surface area contributed by atoms with Gasteiger partial charge in [0, 0.05) is 43.8 Å². The van der Waals surface area contributed by atoms with Gasteiger partial charge >= 0.3 is 0 Å². The Bertz CT molecular complexity index is 1080. The van der Waals surface area contributed by atoms with Crippen molar-refractivity contribution < 1.29 is 13.2 Å². The van der Waals surface area contributed by atoms with E-state index in [2.05, 4.69) is 30.1 Å². The van der Waals surface area contributed by atoms with E-state index in [1.54, 1.807) is 42.1 Å². The number of nitrogens with zero attached hydrogens (tertiary/aromatic N) is 5. The van der Waals surface area contributed by atoms with Crippen molar-refractivity contribution in [1.82, 2.24) is 19.7 Å². The van der Waals surface area contributed by atoms with E-state index in [0.29, 0.717) is 24.7 Å². The first-order chi connectivity index (χ1) is 14.0. The van der Waals surface area contributed by atoms with Gasteiger partial charge in [0.2, 0.25) is 0 Å². The minimum absolute atomic E-state index is 0.0302. The zero-order valence-electron chi connectivity index (χ0n) is 15.8. The molecule has 1 aromatic carbocycles. The van der Waals surface area contributed by atoms with Crippen molar-refractivity contribution >= 4 is 32.9 Å². The number of rotatable bonds is 6. The summed E-state index contributed by atoms with van der Waals surface area (Å²) in [7, 11) is -2.01. The summed E-state index contributed by atoms with van der Waals surface area (Å²) in [6, 6.07) is 8.79. The summed E-state index contributed by atoms with van der Waals surface area (Å²) in [5.74, 6) is 0.607. The number of aryl methyl sites for hydroxylation is 1. The topological polar surface area (TPSA) is 114 Å². The van der Waals surface area contributed by atoms with Crippen LogP contribution in [0.2, 0.25) is 0 Å². The molecular formula is C18H21N7O3S. The summed E-state index contributed by atoms with van der Waals surface area (Å²) in [6.07, 6.45) is 4.61. The molecule has 0 atom stereocenters. The predicted molar refractivity (Wildman–Crippen MR) is 109 cm³/mol. The van der Waals surface area contributed by atoms with Gasteiger partial charge in [-0.05, 0) is 24.3 Å². The molecule has 1 saturated heterocycles. The zero-order chi connectivity index (χ0) is 20.3. The van der Waals surface area contributed by atoms with Crippen LogP contribution >= 0.6 is 0 Å². The van der Waals surface area contributed by atoms with Crippen molar-refractivity contribution in [3.63, 3.8) is 0 Å². The molecule has 1 fully saturated rings. The van der Waals surface area contributed by atoms with Crippen LogP contribution in [0.5, 0.6) is 0 Å². The molecule has 0 radical (unpaired) electrons. The molecule has 0 aliphatic carbocycles. The Balaban J connectivity index is 1.43. The average Bonchev–Trinajstić information content (AvgIpc) is 3.18. The van der Waals surface area contributed by atoms with Crippen LogP contribution in [-0.2, 0) is 21.8 Å². The number of sulfonamides is 1. The number of ether oxygens (including phenoxy) is 1. The van der Waals surface area contributed by atoms with Gasteiger partial charge in [-0.2, -0.15) is 13.5 Å². The quantitative estimate of drug-likeness (QED) is 0.624. The summed E-state index contributed by atoms with van der Waals surface area (Å²) < 4.78 is 34.2. The second kappa shape index (κ2) is 8.05. The lowest BCUT2D eigenvalue weighted by Crippen LogP contribution is -2.36. The van der Waals surface area contributed by atoms with Gasteiger partial charge in [0.1, 0.15) is 0 Å². The van der Waals surface area contributed by atoms with Crippen molar-refractivity contribution in [2.24, 2.45) is 7.05 Å². The normalized spacial score (nSPS) is 14.6. The van der Waals surface area contributed by atoms with Crippen LogP contribution in [-0.4, -0.2) is 54.5 Å². The van der Waals surface area contributed by atoms with Crippen molar-refractivity contribution in [3.8, 4) is 0 Å². The fourth-order valence-electron chi connectivity index (χ4n) is 2.92. The molecule has 4 rings (SSSR count). The van der Waals surface area contributed by atoms with Crippen molar-refractivity contribution in [2.75, 3.05) is 41.2 Å². The maximum Gasteiger partial charge on any atom is 0.280 e. The van der Waals surface area contributed by atoms with Crippen molar-refractivity contribution in [1.29, 1.82) is 0 Å². The minimum atomic E-state index is -3.72. The molecule has 0 saturated carbocycles. The molecule has 0 spiro atoms. The second-order valence-electron chi connectivity index (χ2n) is 6.58. The monoisotopic (exact) mass is 415 g/mol. The van der Waals surface area contributed by atoms with Gasteiger partial charge in [0.05, 0.1) is 31.4 Å². The Morgan fingerprint density at radius 2 is 1.83 bits per heavy atom. The first-order valence-electron chi connectivity index (χ1n) is 9.03. The maximum absolute atomic E-state index is 12.3. The lowest BCUT2D eigenvalue weighted by Gasteiger charge is -2.28. The largest absolute Gasteiger partial charge is 0.378 e. The summed E-state index contributed by atoms with van der Waals surface area (Å²) in [6.45, 7) is 3.02. The van der Waals surface area contributed by atoms with E-state index in [1.807, 2.05) is 6.07 Å². The maximum atomic E-state index is 12.3. The number of aromatic nitrogens is 4. The Morgan fingerprint density at radius 3 is 2.52 bits per heavy atom. The van der Waals surface area contributed by atoms with Gasteiger partial charge in [-0.3, -0.25) is 4.72 Å². The van der Waals surface area contributed by atoms with Gasteiger partial charge in [-0.1, -0.05) is 0 Å². The van der Waals surface area contributed by atoms with Crippen LogP contribution in [0, 0.1) is 0 Å². The lowest BCUT2D eigenvalue weighted by molar-refractivity contribution is 0.122. The summed E-state index contributed by atoms with van der Waals surface area (Å²) in [5, 5.41) is 11.3. The van der Waals surface area contributed by atoms with Crippen molar-refractivity contribution in [3.05, 3.63) is 49.1 Å². The van der Waals surface area contributed by atoms with E-state index < -0.39 is 10.0 Å². The SMILES string of the molecule is Cn1cnc(S(=O)(=O)Nc2ccc(Nc3cc(N4CCOCC4)cnn3)cc2)c1. The number of hydrogen-bond donors (Lipinski definition) is 2. The second-order valence-corrected chi connectivity index (χ2v) is 8.21. The highest BCUT2D eigenvalue weighted by Gasteiger charge is 2.17. The highest BCUT2D eigenvalue weighted by molar-refractivity contribution is 7.92. The number of benzene rings is 1. The Morgan fingerprint density at radius 1 is 1.10 bits per heavy atom. The molecule has 0 amide bonds. The highest BCUT2D eigenvalue weighted by Crippen LogP contribution is 2.22. The first-order valence-corrected chi connectivity index (χ1v) is 10.5. The van der Waals surface area contributed by atoms with Crippen LogP contribution in [0.1, 0.15) is 0 Å². The molecular weight excluding hydrogens is 394 g/mol. The molecule has 29 heavy (non-hydrogen) atoms. The summed E-state index contributed by atoms with van der Waals surface area (Å²) in [5.41, 5.74) is 2.18. The van der Waals surface area contributed by atoms with E-state index in [0.717, 1.165) is 24.5 Å². The number of morpholine rings is 1. The Labute approximate surface area is 168 Å². The molecule has 0 bridgehead atoms. The standard InChI is InChI=1S/C18H21N7O3S/c1-24-12-18(19-13-24)29(26,27)23-15-4-2-14(3-5-15)21-17-10-16(11-20-22-17)25-6-8-28-9-7-25/h2-5,10-13,23H,6-9H2,1H3,(H,21,22). The van der Waals surface area contributed by atoms with E-state index in [-0.39, 0.29) is 5.03 Å². The zero-order valence-corrected chi connectivity index (χ0v) is 16.6. The highest BCUT2D eigenvalue weighted by atomic mass is 32.2. The molecule has 2 aromatic heterocycles. The number of imidazole rings is 1. The van der Waals surface area contributed by atoms with Crippen LogP contribution in [0.25, 0.3) is 0 Å². The van der Waals surface area contributed by atoms with Gasteiger partial charge in [0.25, 0.3) is 10.0 Å². The van der Waals surface area contributed by atoms with Crippen LogP contribution in [0.15, 0.2) is 54.1 Å². The van der Waals surface area contributed by atoms with Gasteiger partial charge < -0.3 is 19.5 Å². The number of anilines is 4. The molecule has 1 aliphatic rings. The minimum Gasteiger partial charge on any atom is -0.378 e. The number of hydrogen-bond acceptors (Lipinski definition) is 8. The smallest absolute Gasteiger partial charge is 0.280 e. The third-order valence-electron chi connectivity index (χ3n) is 4.38. The van der Waals surface area contributed by atoms with Gasteiger partial charge in [0.15, 0.2) is 10.8 Å². The molecule has 152 valence electrons. The first kappa shape index (κ1) is 19.2. The van der Waals surface area contributed by atoms with E-state index in [4.69, 9.17) is 4.74 Å². The summed E-state index contributed by atoms with van der Waals surface area (Å²) >= 11 is 0. The fourth-order valence-corrected chi connectivity index (χ4v) is 3.96. The van der Waals surface area contributed by atoms with Gasteiger partial charge in [-0.15, -0.1) is 5.10 Å². The lowest BCUT2D eigenvalue weighted by atomic mass is 10.3. The Kier molecular flexibility index (Phi) is 5.32. The molecule has 3 heterocycles. The molecule has 11 heteroatoms. The summed E-state index contributed by atoms with van der Waals surface area (Å²) in [4.78, 5) is 6.07. The third kappa shape index (κ3) is 4.63. The van der Waals surface area contributed by atoms with Gasteiger partial charge in [-0.25, -0.2) is 4.98 Å². The van der Waals surface area contributed by atoms with Crippen LogP contribution in [0.4, 0.5) is 22.9 Å². The molecule has 3 aromatic rings. The fraction of sp³-hybridized carbons (Fsp3) is 0.278. The Hall–Kier alpha value is -3.18.